The largest absolute Gasteiger partial charge is 0.321 e. The number of carbonyl (C=O) groups excluding carboxylic acids is 1. The summed E-state index contributed by atoms with van der Waals surface area (Å²) in [6.45, 7) is 1.57. The first kappa shape index (κ1) is 18.5. The van der Waals surface area contributed by atoms with Crippen molar-refractivity contribution in [3.63, 3.8) is 0 Å². The second-order valence-corrected chi connectivity index (χ2v) is 8.38. The quantitative estimate of drug-likeness (QED) is 0.380. The summed E-state index contributed by atoms with van der Waals surface area (Å²) < 4.78 is 0. The molecule has 32 heavy (non-hydrogen) atoms. The van der Waals surface area contributed by atoms with Crippen LogP contribution >= 0.6 is 11.3 Å². The van der Waals surface area contributed by atoms with Crippen LogP contribution in [0, 0.1) is 0 Å². The maximum Gasteiger partial charge on any atom is 0.169 e. The number of nitrogens with one attached hydrogen (secondary N) is 2. The maximum absolute atomic E-state index is 11.7. The molecular formula is C23H15N7OS. The highest BCUT2D eigenvalue weighted by molar-refractivity contribution is 7.17. The molecule has 9 heteroatoms. The number of nitrogens with zero attached hydrogens (tertiary/aromatic N) is 5. The third-order valence-corrected chi connectivity index (χ3v) is 6.46. The number of aromatic amines is 2. The molecule has 0 bridgehead atoms. The Labute approximate surface area is 185 Å². The zero-order valence-electron chi connectivity index (χ0n) is 16.8. The van der Waals surface area contributed by atoms with Crippen molar-refractivity contribution in [2.75, 3.05) is 0 Å². The molecule has 6 rings (SSSR count). The monoisotopic (exact) mass is 437 g/mol. The van der Waals surface area contributed by atoms with Crippen LogP contribution in [0.5, 0.6) is 0 Å². The number of hydrogen-bond donors (Lipinski definition) is 2. The van der Waals surface area contributed by atoms with Crippen molar-refractivity contribution in [1.29, 1.82) is 0 Å². The van der Waals surface area contributed by atoms with Crippen LogP contribution < -0.4 is 0 Å². The van der Waals surface area contributed by atoms with Crippen molar-refractivity contribution in [3.05, 3.63) is 66.1 Å². The lowest BCUT2D eigenvalue weighted by Crippen LogP contribution is -1.84. The average molecular weight is 437 g/mol. The summed E-state index contributed by atoms with van der Waals surface area (Å²) in [5.41, 5.74) is 5.56. The minimum atomic E-state index is 0.0502. The van der Waals surface area contributed by atoms with Gasteiger partial charge in [0.25, 0.3) is 0 Å². The molecule has 0 atom stereocenters. The molecule has 0 aromatic carbocycles. The zero-order valence-corrected chi connectivity index (χ0v) is 17.6. The summed E-state index contributed by atoms with van der Waals surface area (Å²) in [4.78, 5) is 34.6. The first-order valence-corrected chi connectivity index (χ1v) is 10.7. The van der Waals surface area contributed by atoms with Gasteiger partial charge in [-0.3, -0.25) is 14.9 Å². The number of imidazole rings is 1. The van der Waals surface area contributed by atoms with Gasteiger partial charge in [-0.25, -0.2) is 15.0 Å². The van der Waals surface area contributed by atoms with Gasteiger partial charge in [0.2, 0.25) is 0 Å². The molecule has 0 aliphatic rings. The number of ketones is 1. The van der Waals surface area contributed by atoms with Gasteiger partial charge in [-0.2, -0.15) is 5.10 Å². The summed E-state index contributed by atoms with van der Waals surface area (Å²) in [5.74, 6) is 0.647. The normalized spacial score (nSPS) is 11.4. The molecule has 0 amide bonds. The van der Waals surface area contributed by atoms with Crippen molar-refractivity contribution in [3.8, 4) is 33.1 Å². The Morgan fingerprint density at radius 1 is 1.00 bits per heavy atom. The number of hydrogen-bond acceptors (Lipinski definition) is 7. The first-order valence-electron chi connectivity index (χ1n) is 9.88. The number of aromatic nitrogens is 7. The molecule has 0 saturated heterocycles. The van der Waals surface area contributed by atoms with Crippen LogP contribution in [0.25, 0.3) is 55.3 Å². The van der Waals surface area contributed by atoms with Crippen LogP contribution in [0.3, 0.4) is 0 Å². The number of H-pyrrole nitrogens is 2. The summed E-state index contributed by atoms with van der Waals surface area (Å²) in [6.07, 6.45) is 7.07. The highest BCUT2D eigenvalue weighted by Crippen LogP contribution is 2.34. The molecule has 6 aromatic rings. The fraction of sp³-hybridized carbons (Fsp3) is 0.0435. The SMILES string of the molecule is CC(=O)c1ccc(-c2ccnc3[nH]c(-c4n[nH]c5ncc(-c6cccnc6)cc45)nc23)s1. The van der Waals surface area contributed by atoms with Crippen molar-refractivity contribution >= 4 is 39.3 Å². The number of pyridine rings is 3. The van der Waals surface area contributed by atoms with Gasteiger partial charge < -0.3 is 4.98 Å². The van der Waals surface area contributed by atoms with E-state index in [0.717, 1.165) is 32.5 Å². The summed E-state index contributed by atoms with van der Waals surface area (Å²) >= 11 is 1.45. The number of Topliss-reactive ketones (excluding diaryl/α,β-unsaturated/α-hetero) is 1. The molecule has 0 saturated carbocycles. The first-order chi connectivity index (χ1) is 15.7. The van der Waals surface area contributed by atoms with Crippen LogP contribution in [0.1, 0.15) is 16.6 Å². The molecule has 0 radical (unpaired) electrons. The lowest BCUT2D eigenvalue weighted by Gasteiger charge is -2.00. The molecule has 2 N–H and O–H groups in total. The number of thiophene rings is 1. The minimum Gasteiger partial charge on any atom is -0.321 e. The highest BCUT2D eigenvalue weighted by Gasteiger charge is 2.18. The molecule has 6 aromatic heterocycles. The van der Waals surface area contributed by atoms with E-state index in [-0.39, 0.29) is 5.78 Å². The van der Waals surface area contributed by atoms with Crippen LogP contribution in [0.4, 0.5) is 0 Å². The van der Waals surface area contributed by atoms with Crippen LogP contribution in [0.15, 0.2) is 61.2 Å². The summed E-state index contributed by atoms with van der Waals surface area (Å²) in [5, 5.41) is 8.29. The van der Waals surface area contributed by atoms with Gasteiger partial charge in [-0.05, 0) is 37.3 Å². The zero-order chi connectivity index (χ0) is 21.7. The van der Waals surface area contributed by atoms with Crippen molar-refractivity contribution in [2.45, 2.75) is 6.92 Å². The minimum absolute atomic E-state index is 0.0502. The maximum atomic E-state index is 11.7. The lowest BCUT2D eigenvalue weighted by atomic mass is 10.1. The molecular weight excluding hydrogens is 422 g/mol. The van der Waals surface area contributed by atoms with E-state index < -0.39 is 0 Å². The Balaban J connectivity index is 1.49. The van der Waals surface area contributed by atoms with Crippen molar-refractivity contribution in [2.24, 2.45) is 0 Å². The predicted octanol–water partition coefficient (Wildman–Crippen LogP) is 4.89. The van der Waals surface area contributed by atoms with Crippen LogP contribution in [-0.2, 0) is 0 Å². The Bertz CT molecular complexity index is 1610. The van der Waals surface area contributed by atoms with Crippen molar-refractivity contribution in [1.82, 2.24) is 35.1 Å². The van der Waals surface area contributed by atoms with E-state index in [9.17, 15) is 4.79 Å². The van der Waals surface area contributed by atoms with Gasteiger partial charge in [0, 0.05) is 46.4 Å². The van der Waals surface area contributed by atoms with Gasteiger partial charge >= 0.3 is 0 Å². The van der Waals surface area contributed by atoms with Gasteiger partial charge in [-0.15, -0.1) is 11.3 Å². The lowest BCUT2D eigenvalue weighted by molar-refractivity contribution is 0.102. The second kappa shape index (κ2) is 7.17. The van der Waals surface area contributed by atoms with Gasteiger partial charge in [0.1, 0.15) is 11.2 Å². The molecule has 6 heterocycles. The fourth-order valence-electron chi connectivity index (χ4n) is 3.67. The number of rotatable bonds is 4. The van der Waals surface area contributed by atoms with E-state index in [1.807, 2.05) is 36.4 Å². The predicted molar refractivity (Wildman–Crippen MR) is 123 cm³/mol. The highest BCUT2D eigenvalue weighted by atomic mass is 32.1. The van der Waals surface area contributed by atoms with Crippen molar-refractivity contribution < 1.29 is 4.79 Å². The van der Waals surface area contributed by atoms with Crippen LogP contribution in [0.2, 0.25) is 0 Å². The molecule has 0 aliphatic carbocycles. The van der Waals surface area contributed by atoms with E-state index in [4.69, 9.17) is 4.98 Å². The third kappa shape index (κ3) is 2.98. The Hall–Kier alpha value is -4.24. The van der Waals surface area contributed by atoms with E-state index in [1.165, 1.54) is 11.3 Å². The Kier molecular flexibility index (Phi) is 4.15. The Morgan fingerprint density at radius 3 is 2.75 bits per heavy atom. The van der Waals surface area contributed by atoms with Crippen LogP contribution in [-0.4, -0.2) is 40.9 Å². The molecule has 0 unspecified atom stereocenters. The molecule has 0 spiro atoms. The third-order valence-electron chi connectivity index (χ3n) is 5.24. The fourth-order valence-corrected chi connectivity index (χ4v) is 4.60. The van der Waals surface area contributed by atoms with Gasteiger partial charge in [0.15, 0.2) is 22.9 Å². The van der Waals surface area contributed by atoms with Gasteiger partial charge in [0.05, 0.1) is 10.3 Å². The van der Waals surface area contributed by atoms with E-state index in [0.29, 0.717) is 27.7 Å². The van der Waals surface area contributed by atoms with E-state index >= 15 is 0 Å². The summed E-state index contributed by atoms with van der Waals surface area (Å²) in [7, 11) is 0. The topological polar surface area (TPSA) is 113 Å². The molecule has 0 aliphatic heterocycles. The molecule has 154 valence electrons. The number of carbonyl (C=O) groups is 1. The standard InChI is InChI=1S/C23H15N7OS/c1-12(31)17-4-5-18(32-17)15-6-8-25-22-19(15)27-23(28-22)20-16-9-14(11-26-21(16)30-29-20)13-3-2-7-24-10-13/h2-11H,1H3,(H,25,27,28)(H,26,29,30). The van der Waals surface area contributed by atoms with E-state index in [2.05, 4.69) is 30.1 Å². The molecule has 0 fully saturated rings. The van der Waals surface area contributed by atoms with E-state index in [1.54, 1.807) is 31.7 Å². The van der Waals surface area contributed by atoms with Gasteiger partial charge in [-0.1, -0.05) is 6.07 Å². The second-order valence-electron chi connectivity index (χ2n) is 7.30. The average Bonchev–Trinajstić information content (AvgIpc) is 3.56. The summed E-state index contributed by atoms with van der Waals surface area (Å²) in [6, 6.07) is 11.6. The smallest absolute Gasteiger partial charge is 0.169 e. The molecule has 8 nitrogen and oxygen atoms in total. The Morgan fingerprint density at radius 2 is 1.94 bits per heavy atom. The number of fused-ring (bicyclic) bond motifs is 2.